The van der Waals surface area contributed by atoms with Gasteiger partial charge in [-0.25, -0.2) is 8.78 Å². The van der Waals surface area contributed by atoms with E-state index in [-0.39, 0.29) is 17.8 Å². The van der Waals surface area contributed by atoms with Crippen molar-refractivity contribution in [1.29, 1.82) is 0 Å². The summed E-state index contributed by atoms with van der Waals surface area (Å²) in [6.45, 7) is 4.16. The molecule has 1 aromatic carbocycles. The lowest BCUT2D eigenvalue weighted by molar-refractivity contribution is 0.572. The second-order valence-corrected chi connectivity index (χ2v) is 6.52. The molecule has 0 N–H and O–H groups in total. The number of hydrogen-bond acceptors (Lipinski definition) is 2. The van der Waals surface area contributed by atoms with E-state index >= 15 is 0 Å². The largest absolute Gasteiger partial charge is 0.286 e. The van der Waals surface area contributed by atoms with Crippen LogP contribution >= 0.6 is 0 Å². The van der Waals surface area contributed by atoms with Crippen LogP contribution in [0.2, 0.25) is 0 Å². The van der Waals surface area contributed by atoms with E-state index in [1.165, 1.54) is 6.07 Å². The Morgan fingerprint density at radius 2 is 1.91 bits per heavy atom. The van der Waals surface area contributed by atoms with Crippen LogP contribution in [-0.2, 0) is 0 Å². The van der Waals surface area contributed by atoms with Crippen molar-refractivity contribution in [3.63, 3.8) is 0 Å². The van der Waals surface area contributed by atoms with E-state index in [2.05, 4.69) is 30.2 Å². The molecule has 23 heavy (non-hydrogen) atoms. The van der Waals surface area contributed by atoms with Crippen LogP contribution in [0.4, 0.5) is 8.78 Å². The molecule has 5 heteroatoms. The van der Waals surface area contributed by atoms with E-state index in [1.54, 1.807) is 6.07 Å². The number of nitrogens with zero attached hydrogens (tertiary/aromatic N) is 3. The van der Waals surface area contributed by atoms with Gasteiger partial charge in [-0.1, -0.05) is 26.0 Å². The maximum Gasteiger partial charge on any atom is 0.160 e. The van der Waals surface area contributed by atoms with Gasteiger partial charge < -0.3 is 0 Å². The van der Waals surface area contributed by atoms with Gasteiger partial charge in [0.1, 0.15) is 17.5 Å². The van der Waals surface area contributed by atoms with E-state index in [1.807, 2.05) is 16.5 Å². The number of rotatable bonds is 3. The molecule has 0 amide bonds. The highest BCUT2D eigenvalue weighted by Gasteiger charge is 2.41. The summed E-state index contributed by atoms with van der Waals surface area (Å²) >= 11 is 0. The van der Waals surface area contributed by atoms with E-state index < -0.39 is 11.6 Å². The van der Waals surface area contributed by atoms with Crippen LogP contribution in [0.5, 0.6) is 0 Å². The Balaban J connectivity index is 1.67. The Morgan fingerprint density at radius 1 is 1.09 bits per heavy atom. The molecule has 4 rings (SSSR count). The summed E-state index contributed by atoms with van der Waals surface area (Å²) in [5, 5.41) is 8.40. The predicted octanol–water partition coefficient (Wildman–Crippen LogP) is 4.40. The molecule has 1 saturated carbocycles. The van der Waals surface area contributed by atoms with Gasteiger partial charge in [-0.2, -0.15) is 0 Å². The van der Waals surface area contributed by atoms with Crippen molar-refractivity contribution in [2.24, 2.45) is 0 Å². The molecule has 0 bridgehead atoms. The normalized spacial score (nSPS) is 20.4. The lowest BCUT2D eigenvalue weighted by Gasteiger charge is -2.06. The molecule has 1 fully saturated rings. The number of halogens is 2. The lowest BCUT2D eigenvalue weighted by Crippen LogP contribution is -1.98. The van der Waals surface area contributed by atoms with Crippen molar-refractivity contribution in [1.82, 2.24) is 14.6 Å². The first kappa shape index (κ1) is 14.3. The Kier molecular flexibility index (Phi) is 3.18. The second-order valence-electron chi connectivity index (χ2n) is 6.52. The standard InChI is InChI=1S/C18H17F2N3/c1-10(2)18-22-21-17-6-3-11(9-23(17)18)14-8-15(14)13-5-4-12(19)7-16(13)20/h3-7,9-10,14-15H,8H2,1-2H3/t14-,15+/m0/s1. The van der Waals surface area contributed by atoms with Gasteiger partial charge in [0.15, 0.2) is 5.65 Å². The average molecular weight is 313 g/mol. The quantitative estimate of drug-likeness (QED) is 0.717. The van der Waals surface area contributed by atoms with Gasteiger partial charge in [-0.3, -0.25) is 4.40 Å². The zero-order chi connectivity index (χ0) is 16.1. The van der Waals surface area contributed by atoms with Crippen LogP contribution in [-0.4, -0.2) is 14.6 Å². The van der Waals surface area contributed by atoms with E-state index in [0.717, 1.165) is 29.5 Å². The predicted molar refractivity (Wildman–Crippen MR) is 83.5 cm³/mol. The van der Waals surface area contributed by atoms with Crippen LogP contribution < -0.4 is 0 Å². The summed E-state index contributed by atoms with van der Waals surface area (Å²) in [6, 6.07) is 7.83. The minimum absolute atomic E-state index is 0.118. The molecule has 1 aliphatic carbocycles. The number of fused-ring (bicyclic) bond motifs is 1. The molecular formula is C18H17F2N3. The summed E-state index contributed by atoms with van der Waals surface area (Å²) in [4.78, 5) is 0. The smallest absolute Gasteiger partial charge is 0.160 e. The first-order valence-electron chi connectivity index (χ1n) is 7.84. The van der Waals surface area contributed by atoms with E-state index in [9.17, 15) is 8.78 Å². The fourth-order valence-electron chi connectivity index (χ4n) is 3.25. The molecule has 2 heterocycles. The van der Waals surface area contributed by atoms with E-state index in [4.69, 9.17) is 0 Å². The minimum atomic E-state index is -0.532. The molecule has 1 aliphatic rings. The van der Waals surface area contributed by atoms with Crippen molar-refractivity contribution in [2.75, 3.05) is 0 Å². The van der Waals surface area contributed by atoms with Crippen molar-refractivity contribution >= 4 is 5.65 Å². The molecule has 0 unspecified atom stereocenters. The molecule has 0 radical (unpaired) electrons. The first-order chi connectivity index (χ1) is 11.0. The van der Waals surface area contributed by atoms with Crippen LogP contribution in [0.25, 0.3) is 5.65 Å². The first-order valence-corrected chi connectivity index (χ1v) is 7.84. The third-order valence-corrected chi connectivity index (χ3v) is 4.55. The van der Waals surface area contributed by atoms with Crippen LogP contribution in [0.3, 0.4) is 0 Å². The van der Waals surface area contributed by atoms with Gasteiger partial charge in [0.05, 0.1) is 0 Å². The van der Waals surface area contributed by atoms with Crippen molar-refractivity contribution in [2.45, 2.75) is 38.0 Å². The maximum absolute atomic E-state index is 13.9. The monoisotopic (exact) mass is 313 g/mol. The van der Waals surface area contributed by atoms with Gasteiger partial charge in [0, 0.05) is 18.2 Å². The average Bonchev–Trinajstić information content (AvgIpc) is 3.17. The molecule has 0 aliphatic heterocycles. The Labute approximate surface area is 133 Å². The second kappa shape index (κ2) is 5.11. The summed E-state index contributed by atoms with van der Waals surface area (Å²) in [5.41, 5.74) is 2.57. The van der Waals surface area contributed by atoms with Gasteiger partial charge in [-0.15, -0.1) is 10.2 Å². The third kappa shape index (κ3) is 2.40. The molecule has 2 atom stereocenters. The SMILES string of the molecule is CC(C)c1nnc2ccc([C@@H]3C[C@@H]3c3ccc(F)cc3F)cn12. The molecule has 2 aromatic heterocycles. The fourth-order valence-corrected chi connectivity index (χ4v) is 3.25. The summed E-state index contributed by atoms with van der Waals surface area (Å²) < 4.78 is 29.0. The highest BCUT2D eigenvalue weighted by atomic mass is 19.1. The molecule has 118 valence electrons. The van der Waals surface area contributed by atoms with Gasteiger partial charge in [0.25, 0.3) is 0 Å². The zero-order valence-corrected chi connectivity index (χ0v) is 13.0. The highest BCUT2D eigenvalue weighted by Crippen LogP contribution is 2.55. The number of benzene rings is 1. The summed E-state index contributed by atoms with van der Waals surface area (Å²) in [6.07, 6.45) is 2.93. The fraction of sp³-hybridized carbons (Fsp3) is 0.333. The molecule has 0 saturated heterocycles. The van der Waals surface area contributed by atoms with Gasteiger partial charge in [0.2, 0.25) is 0 Å². The minimum Gasteiger partial charge on any atom is -0.286 e. The topological polar surface area (TPSA) is 30.2 Å². The third-order valence-electron chi connectivity index (χ3n) is 4.55. The molecule has 3 aromatic rings. The van der Waals surface area contributed by atoms with Crippen molar-refractivity contribution < 1.29 is 8.78 Å². The Bertz CT molecular complexity index is 885. The lowest BCUT2D eigenvalue weighted by atomic mass is 10.1. The molecular weight excluding hydrogens is 296 g/mol. The zero-order valence-electron chi connectivity index (χ0n) is 13.0. The van der Waals surface area contributed by atoms with Crippen LogP contribution in [0.1, 0.15) is 55.0 Å². The summed E-state index contributed by atoms with van der Waals surface area (Å²) in [5.74, 6) is 0.604. The van der Waals surface area contributed by atoms with Crippen molar-refractivity contribution in [3.8, 4) is 0 Å². The Morgan fingerprint density at radius 3 is 2.65 bits per heavy atom. The maximum atomic E-state index is 13.9. The summed E-state index contributed by atoms with van der Waals surface area (Å²) in [7, 11) is 0. The highest BCUT2D eigenvalue weighted by molar-refractivity contribution is 5.44. The van der Waals surface area contributed by atoms with Gasteiger partial charge in [-0.05, 0) is 41.5 Å². The van der Waals surface area contributed by atoms with Gasteiger partial charge >= 0.3 is 0 Å². The van der Waals surface area contributed by atoms with Crippen LogP contribution in [0.15, 0.2) is 36.5 Å². The number of aromatic nitrogens is 3. The number of hydrogen-bond donors (Lipinski definition) is 0. The number of pyridine rings is 1. The Hall–Kier alpha value is -2.30. The molecule has 3 nitrogen and oxygen atoms in total. The van der Waals surface area contributed by atoms with Crippen LogP contribution in [0, 0.1) is 11.6 Å². The molecule has 0 spiro atoms. The van der Waals surface area contributed by atoms with E-state index in [0.29, 0.717) is 5.56 Å². The van der Waals surface area contributed by atoms with Crippen molar-refractivity contribution in [3.05, 3.63) is 65.1 Å².